The Balaban J connectivity index is 2.10. The average Bonchev–Trinajstić information content (AvgIpc) is 2.95. The number of ether oxygens (including phenoxy) is 1. The lowest BCUT2D eigenvalue weighted by molar-refractivity contribution is 0.0940. The van der Waals surface area contributed by atoms with Crippen molar-refractivity contribution in [3.8, 4) is 5.75 Å². The maximum Gasteiger partial charge on any atom is 0.253 e. The molecule has 1 aromatic heterocycles. The van der Waals surface area contributed by atoms with Gasteiger partial charge in [0, 0.05) is 22.8 Å². The van der Waals surface area contributed by atoms with Gasteiger partial charge in [0.25, 0.3) is 5.91 Å². The third-order valence-electron chi connectivity index (χ3n) is 3.14. The lowest BCUT2D eigenvalue weighted by Crippen LogP contribution is -2.27. The van der Waals surface area contributed by atoms with Crippen LogP contribution in [-0.4, -0.2) is 18.0 Å². The van der Waals surface area contributed by atoms with Gasteiger partial charge in [-0.3, -0.25) is 4.79 Å². The Morgan fingerprint density at radius 1 is 1.52 bits per heavy atom. The number of rotatable bonds is 5. The second kappa shape index (κ2) is 6.58. The quantitative estimate of drug-likeness (QED) is 0.833. The number of nitrogens with one attached hydrogen (secondary N) is 1. The van der Waals surface area contributed by atoms with Crippen molar-refractivity contribution in [1.82, 2.24) is 10.3 Å². The van der Waals surface area contributed by atoms with Gasteiger partial charge in [-0.25, -0.2) is 4.98 Å². The molecule has 0 bridgehead atoms. The summed E-state index contributed by atoms with van der Waals surface area (Å²) in [7, 11) is 1.56. The number of nitrogens with two attached hydrogens (primary N) is 1. The molecule has 1 heterocycles. The first-order valence-corrected chi connectivity index (χ1v) is 7.55. The van der Waals surface area contributed by atoms with Crippen LogP contribution in [0.1, 0.15) is 40.1 Å². The lowest BCUT2D eigenvalue weighted by atomic mass is 10.1. The summed E-state index contributed by atoms with van der Waals surface area (Å²) >= 11 is 1.61. The van der Waals surface area contributed by atoms with Crippen LogP contribution in [0.5, 0.6) is 5.75 Å². The fourth-order valence-corrected chi connectivity index (χ4v) is 2.76. The molecule has 1 atom stereocenters. The molecule has 3 N–H and O–H groups in total. The van der Waals surface area contributed by atoms with Crippen molar-refractivity contribution >= 4 is 22.9 Å². The van der Waals surface area contributed by atoms with Crippen molar-refractivity contribution in [1.29, 1.82) is 0 Å². The highest BCUT2D eigenvalue weighted by molar-refractivity contribution is 7.11. The van der Waals surface area contributed by atoms with Crippen LogP contribution in [0.4, 0.5) is 5.69 Å². The van der Waals surface area contributed by atoms with E-state index >= 15 is 0 Å². The molecule has 0 spiro atoms. The maximum atomic E-state index is 12.3. The zero-order chi connectivity index (χ0) is 15.4. The first-order valence-electron chi connectivity index (χ1n) is 6.74. The number of amides is 1. The van der Waals surface area contributed by atoms with Gasteiger partial charge < -0.3 is 15.8 Å². The molecule has 112 valence electrons. The number of carbonyl (C=O) groups excluding carboxylic acids is 1. The summed E-state index contributed by atoms with van der Waals surface area (Å²) in [6.45, 7) is 3.99. The van der Waals surface area contributed by atoms with E-state index in [9.17, 15) is 4.79 Å². The average molecular weight is 305 g/mol. The normalized spacial score (nSPS) is 12.0. The first kappa shape index (κ1) is 15.3. The molecule has 2 aromatic rings. The van der Waals surface area contributed by atoms with Crippen molar-refractivity contribution in [2.24, 2.45) is 0 Å². The van der Waals surface area contributed by atoms with E-state index in [1.165, 1.54) is 4.88 Å². The Morgan fingerprint density at radius 3 is 2.86 bits per heavy atom. The Kier molecular flexibility index (Phi) is 4.80. The minimum Gasteiger partial charge on any atom is -0.497 e. The van der Waals surface area contributed by atoms with Crippen molar-refractivity contribution < 1.29 is 9.53 Å². The molecule has 6 heteroatoms. The third kappa shape index (κ3) is 3.52. The highest BCUT2D eigenvalue weighted by Gasteiger charge is 2.16. The zero-order valence-corrected chi connectivity index (χ0v) is 13.2. The number of benzene rings is 1. The number of hydrogen-bond acceptors (Lipinski definition) is 5. The smallest absolute Gasteiger partial charge is 0.253 e. The van der Waals surface area contributed by atoms with Gasteiger partial charge in [0.2, 0.25) is 0 Å². The summed E-state index contributed by atoms with van der Waals surface area (Å²) in [5.41, 5.74) is 6.72. The van der Waals surface area contributed by atoms with Crippen LogP contribution in [0, 0.1) is 0 Å². The van der Waals surface area contributed by atoms with Crippen LogP contribution in [0.25, 0.3) is 0 Å². The minimum absolute atomic E-state index is 0.149. The molecule has 0 saturated heterocycles. The number of aromatic nitrogens is 1. The van der Waals surface area contributed by atoms with E-state index in [0.29, 0.717) is 17.0 Å². The predicted octanol–water partition coefficient (Wildman–Crippen LogP) is 2.79. The molecule has 21 heavy (non-hydrogen) atoms. The molecular weight excluding hydrogens is 286 g/mol. The molecule has 0 aliphatic rings. The van der Waals surface area contributed by atoms with Crippen LogP contribution < -0.4 is 15.8 Å². The minimum atomic E-state index is -0.212. The van der Waals surface area contributed by atoms with Crippen LogP contribution in [0.15, 0.2) is 24.4 Å². The summed E-state index contributed by atoms with van der Waals surface area (Å²) < 4.78 is 5.08. The summed E-state index contributed by atoms with van der Waals surface area (Å²) in [6, 6.07) is 4.87. The Bertz CT molecular complexity index is 640. The molecule has 0 aliphatic heterocycles. The summed E-state index contributed by atoms with van der Waals surface area (Å²) in [5.74, 6) is 0.417. The number of nitrogen functional groups attached to an aromatic ring is 1. The van der Waals surface area contributed by atoms with Crippen LogP contribution in [0.3, 0.4) is 0 Å². The summed E-state index contributed by atoms with van der Waals surface area (Å²) in [4.78, 5) is 17.8. The first-order chi connectivity index (χ1) is 10.0. The van der Waals surface area contributed by atoms with Crippen LogP contribution in [-0.2, 0) is 6.42 Å². The predicted molar refractivity (Wildman–Crippen MR) is 84.8 cm³/mol. The molecule has 1 aromatic carbocycles. The number of anilines is 1. The van der Waals surface area contributed by atoms with Gasteiger partial charge in [-0.15, -0.1) is 11.3 Å². The van der Waals surface area contributed by atoms with E-state index in [4.69, 9.17) is 10.5 Å². The van der Waals surface area contributed by atoms with Crippen molar-refractivity contribution in [3.63, 3.8) is 0 Å². The number of thiazole rings is 1. The monoisotopic (exact) mass is 305 g/mol. The number of nitrogens with zero attached hydrogens (tertiary/aromatic N) is 1. The molecule has 1 amide bonds. The molecule has 5 nitrogen and oxygen atoms in total. The van der Waals surface area contributed by atoms with Gasteiger partial charge in [-0.2, -0.15) is 0 Å². The van der Waals surface area contributed by atoms with Gasteiger partial charge in [0.15, 0.2) is 0 Å². The van der Waals surface area contributed by atoms with E-state index < -0.39 is 0 Å². The summed E-state index contributed by atoms with van der Waals surface area (Å²) in [6.07, 6.45) is 2.80. The van der Waals surface area contributed by atoms with Crippen LogP contribution in [0.2, 0.25) is 0 Å². The maximum absolute atomic E-state index is 12.3. The van der Waals surface area contributed by atoms with Gasteiger partial charge in [-0.05, 0) is 25.5 Å². The standard InChI is InChI=1S/C15H19N3O2S/c1-4-11-8-17-15(21-11)9(2)18-14(19)12-6-5-10(20-3)7-13(12)16/h5-9H,4,16H2,1-3H3,(H,18,19). The van der Waals surface area contributed by atoms with Gasteiger partial charge in [0.1, 0.15) is 10.8 Å². The second-order valence-corrected chi connectivity index (χ2v) is 5.81. The Morgan fingerprint density at radius 2 is 2.29 bits per heavy atom. The summed E-state index contributed by atoms with van der Waals surface area (Å²) in [5, 5.41) is 3.81. The number of hydrogen-bond donors (Lipinski definition) is 2. The van der Waals surface area contributed by atoms with Crippen molar-refractivity contribution in [3.05, 3.63) is 39.8 Å². The molecule has 0 saturated carbocycles. The van der Waals surface area contributed by atoms with Crippen molar-refractivity contribution in [2.75, 3.05) is 12.8 Å². The number of aryl methyl sites for hydroxylation is 1. The van der Waals surface area contributed by atoms with E-state index in [0.717, 1.165) is 11.4 Å². The van der Waals surface area contributed by atoms with Crippen molar-refractivity contribution in [2.45, 2.75) is 26.3 Å². The molecule has 0 fully saturated rings. The Labute approximate surface area is 128 Å². The van der Waals surface area contributed by atoms with Gasteiger partial charge >= 0.3 is 0 Å². The van der Waals surface area contributed by atoms with Gasteiger partial charge in [0.05, 0.1) is 18.7 Å². The molecule has 0 radical (unpaired) electrons. The van der Waals surface area contributed by atoms with Gasteiger partial charge in [-0.1, -0.05) is 6.92 Å². The zero-order valence-electron chi connectivity index (χ0n) is 12.3. The third-order valence-corrected chi connectivity index (χ3v) is 4.47. The molecule has 0 aliphatic carbocycles. The van der Waals surface area contributed by atoms with E-state index in [2.05, 4.69) is 17.2 Å². The topological polar surface area (TPSA) is 77.2 Å². The van der Waals surface area contributed by atoms with Crippen LogP contribution >= 0.6 is 11.3 Å². The van der Waals surface area contributed by atoms with E-state index in [-0.39, 0.29) is 11.9 Å². The molecule has 2 rings (SSSR count). The highest BCUT2D eigenvalue weighted by Crippen LogP contribution is 2.23. The van der Waals surface area contributed by atoms with E-state index in [1.807, 2.05) is 13.1 Å². The van der Waals surface area contributed by atoms with E-state index in [1.54, 1.807) is 36.6 Å². The SMILES string of the molecule is CCc1cnc(C(C)NC(=O)c2ccc(OC)cc2N)s1. The lowest BCUT2D eigenvalue weighted by Gasteiger charge is -2.13. The Hall–Kier alpha value is -2.08. The second-order valence-electron chi connectivity index (χ2n) is 4.67. The fourth-order valence-electron chi connectivity index (χ4n) is 1.90. The molecular formula is C15H19N3O2S. The molecule has 1 unspecified atom stereocenters. The number of methoxy groups -OCH3 is 1. The fraction of sp³-hybridized carbons (Fsp3) is 0.333. The highest BCUT2D eigenvalue weighted by atomic mass is 32.1. The largest absolute Gasteiger partial charge is 0.497 e. The number of carbonyl (C=O) groups is 1.